The van der Waals surface area contributed by atoms with Gasteiger partial charge in [-0.2, -0.15) is 29.8 Å². The molecule has 0 saturated carbocycles. The molecule has 23 heavy (non-hydrogen) atoms. The molecule has 1 aromatic carbocycles. The average Bonchev–Trinajstić information content (AvgIpc) is 2.86. The molecule has 1 heterocycles. The van der Waals surface area contributed by atoms with E-state index in [2.05, 4.69) is 42.8 Å². The topological polar surface area (TPSA) is 23.6 Å². The van der Waals surface area contributed by atoms with Crippen molar-refractivity contribution in [1.82, 2.24) is 4.90 Å². The molecule has 1 aromatic rings. The van der Waals surface area contributed by atoms with E-state index in [4.69, 9.17) is 0 Å². The molecule has 1 aliphatic carbocycles. The summed E-state index contributed by atoms with van der Waals surface area (Å²) in [7, 11) is 2.18. The largest absolute Gasteiger partial charge is 1.00 e. The Morgan fingerprint density at radius 3 is 2.43 bits per heavy atom. The Kier molecular flexibility index (Phi) is 13.0. The van der Waals surface area contributed by atoms with Crippen molar-refractivity contribution >= 4 is 17.5 Å². The van der Waals surface area contributed by atoms with E-state index in [1.54, 1.807) is 0 Å². The van der Waals surface area contributed by atoms with Crippen LogP contribution in [0.1, 0.15) is 25.0 Å². The van der Waals surface area contributed by atoms with Crippen molar-refractivity contribution in [2.75, 3.05) is 25.0 Å². The van der Waals surface area contributed by atoms with Crippen LogP contribution in [0.3, 0.4) is 0 Å². The van der Waals surface area contributed by atoms with Crippen molar-refractivity contribution in [1.29, 1.82) is 0 Å². The van der Waals surface area contributed by atoms with E-state index in [9.17, 15) is 4.79 Å². The van der Waals surface area contributed by atoms with Crippen LogP contribution in [0.15, 0.2) is 18.2 Å². The van der Waals surface area contributed by atoms with Gasteiger partial charge in [-0.3, -0.25) is 4.90 Å². The number of benzene rings is 1. The number of rotatable bonds is 2. The third-order valence-electron chi connectivity index (χ3n) is 4.65. The molecule has 3 nitrogen and oxygen atoms in total. The smallest absolute Gasteiger partial charge is 0.392 e. The first-order valence-electron chi connectivity index (χ1n) is 7.20. The zero-order valence-electron chi connectivity index (χ0n) is 14.6. The number of fused-ring (bicyclic) bond motifs is 1. The van der Waals surface area contributed by atoms with Gasteiger partial charge >= 0.3 is 58.2 Å². The summed E-state index contributed by atoms with van der Waals surface area (Å²) in [6, 6.07) is 8.55. The molecule has 6 heteroatoms. The summed E-state index contributed by atoms with van der Waals surface area (Å²) >= 11 is 0. The Bertz CT molecular complexity index is 570. The Balaban J connectivity index is 0.00000161. The number of nitrogens with zero attached hydrogens (tertiary/aromatic N) is 2. The van der Waals surface area contributed by atoms with Gasteiger partial charge in [0.2, 0.25) is 0 Å². The summed E-state index contributed by atoms with van der Waals surface area (Å²) in [6.45, 7) is 6.50. The monoisotopic (exact) mass is 668 g/mol. The molecule has 0 spiro atoms. The normalized spacial score (nSPS) is 22.9. The van der Waals surface area contributed by atoms with E-state index >= 15 is 0 Å². The van der Waals surface area contributed by atoms with Gasteiger partial charge in [-0.25, -0.2) is 11.1 Å². The summed E-state index contributed by atoms with van der Waals surface area (Å²) in [5, 5.41) is 0. The molecular formula is C17H20N2ORaRbY-. The maximum atomic E-state index is 11.0. The predicted octanol–water partition coefficient (Wildman–Crippen LogP) is -0.934. The number of carbonyl (C=O) groups excluding carboxylic acids is 1. The fourth-order valence-corrected chi connectivity index (χ4v) is 3.13. The average molecular weight is 669 g/mol. The molecular weight excluding hydrogens is 649 g/mol. The van der Waals surface area contributed by atoms with Crippen molar-refractivity contribution in [2.24, 2.45) is 0 Å². The Labute approximate surface area is 250 Å². The van der Waals surface area contributed by atoms with E-state index in [0.29, 0.717) is 17.7 Å². The fraction of sp³-hybridized carbons (Fsp3) is 0.471. The molecule has 0 amide bonds. The minimum atomic E-state index is 0. The molecule has 0 N–H and O–H groups in total. The molecule has 0 aromatic heterocycles. The Morgan fingerprint density at radius 2 is 1.87 bits per heavy atom. The maximum absolute atomic E-state index is 11.0. The van der Waals surface area contributed by atoms with Gasteiger partial charge in [0.15, 0.2) is 0 Å². The van der Waals surface area contributed by atoms with Gasteiger partial charge < -0.3 is 9.69 Å². The number of hydrogen-bond acceptors (Lipinski definition) is 3. The number of piperazine rings is 1. The van der Waals surface area contributed by atoms with Crippen LogP contribution in [-0.4, -0.2) is 43.4 Å². The maximum Gasteiger partial charge on any atom is 1.00 e. The molecule has 0 bridgehead atoms. The molecule has 2 atom stereocenters. The minimum absolute atomic E-state index is 0. The SMILES string of the molecule is C[C@@H]1CN(c2[c-]cc3c(c2)C([C-]=O)=CC3)C[C@H](C)N1C.[Ra].[Rb+].[Y]. The van der Waals surface area contributed by atoms with Crippen molar-refractivity contribution in [3.05, 3.63) is 35.4 Å². The van der Waals surface area contributed by atoms with Crippen LogP contribution >= 0.6 is 0 Å². The summed E-state index contributed by atoms with van der Waals surface area (Å²) in [5.41, 5.74) is 4.01. The van der Waals surface area contributed by atoms with E-state index in [-0.39, 0.29) is 136 Å². The molecule has 1 aliphatic heterocycles. The first-order valence-corrected chi connectivity index (χ1v) is 7.20. The molecule has 111 valence electrons. The van der Waals surface area contributed by atoms with Crippen LogP contribution < -0.4 is 63.1 Å². The van der Waals surface area contributed by atoms with Gasteiger partial charge in [-0.15, -0.1) is 6.42 Å². The van der Waals surface area contributed by atoms with E-state index in [1.807, 2.05) is 18.4 Å². The van der Waals surface area contributed by atoms with Gasteiger partial charge in [-0.1, -0.05) is 5.69 Å². The van der Waals surface area contributed by atoms with Crippen molar-refractivity contribution < 1.29 is 141 Å². The molecule has 3 radical (unpaired) electrons. The third-order valence-corrected chi connectivity index (χ3v) is 4.65. The van der Waals surface area contributed by atoms with Crippen LogP contribution in [0.5, 0.6) is 0 Å². The van der Waals surface area contributed by atoms with Gasteiger partial charge in [0, 0.05) is 103 Å². The fourth-order valence-electron chi connectivity index (χ4n) is 3.13. The molecule has 1 saturated heterocycles. The summed E-state index contributed by atoms with van der Waals surface area (Å²) in [5.74, 6) is 0. The summed E-state index contributed by atoms with van der Waals surface area (Å²) in [6.07, 6.45) is 4.82. The number of anilines is 1. The third kappa shape index (κ3) is 5.87. The first kappa shape index (κ1) is 25.8. The summed E-state index contributed by atoms with van der Waals surface area (Å²) < 4.78 is 0. The Morgan fingerprint density at radius 1 is 1.26 bits per heavy atom. The number of hydrogen-bond donors (Lipinski definition) is 0. The van der Waals surface area contributed by atoms with Crippen molar-refractivity contribution in [3.63, 3.8) is 0 Å². The van der Waals surface area contributed by atoms with E-state index in [0.717, 1.165) is 30.8 Å². The summed E-state index contributed by atoms with van der Waals surface area (Å²) in [4.78, 5) is 15.8. The first-order chi connectivity index (χ1) is 9.60. The van der Waals surface area contributed by atoms with Crippen LogP contribution in [0.2, 0.25) is 0 Å². The van der Waals surface area contributed by atoms with Crippen LogP contribution in [0.25, 0.3) is 5.57 Å². The molecule has 1 fully saturated rings. The second-order valence-corrected chi connectivity index (χ2v) is 5.95. The van der Waals surface area contributed by atoms with Gasteiger partial charge in [-0.05, 0) is 20.9 Å². The second kappa shape index (κ2) is 11.6. The Hall–Kier alpha value is 2.77. The van der Waals surface area contributed by atoms with Gasteiger partial charge in [0.05, 0.1) is 6.29 Å². The second-order valence-electron chi connectivity index (χ2n) is 5.95. The van der Waals surface area contributed by atoms with Crippen LogP contribution in [0, 0.1) is 51.1 Å². The predicted molar refractivity (Wildman–Crippen MR) is 81.6 cm³/mol. The standard InChI is InChI=1S/C17H20N2O.Ra.Rb.Y/c1-12-9-19(10-13(2)18(12)3)16-7-6-14-4-5-15(11-20)17(14)8-16;;;/h5-6,8,12-13H,4,9-10H2,1-3H3;;;/q-2;;+1;/t12-,13+;;;. The number of allylic oxidation sites excluding steroid dienone is 2. The van der Waals surface area contributed by atoms with Crippen LogP contribution in [0.4, 0.5) is 5.69 Å². The zero-order chi connectivity index (χ0) is 14.3. The molecule has 3 rings (SSSR count). The van der Waals surface area contributed by atoms with Crippen molar-refractivity contribution in [3.8, 4) is 0 Å². The van der Waals surface area contributed by atoms with Crippen molar-refractivity contribution in [2.45, 2.75) is 32.4 Å². The van der Waals surface area contributed by atoms with Gasteiger partial charge in [0.1, 0.15) is 0 Å². The number of likely N-dealkylation sites (N-methyl/N-ethyl adjacent to an activating group) is 1. The zero-order valence-corrected chi connectivity index (χ0v) is 28.2. The molecule has 2 aliphatic rings. The quantitative estimate of drug-likeness (QED) is 0.381. The van der Waals surface area contributed by atoms with Crippen LogP contribution in [-0.2, 0) is 43.9 Å². The van der Waals surface area contributed by atoms with E-state index in [1.165, 1.54) is 5.56 Å². The molecule has 0 unspecified atom stereocenters. The van der Waals surface area contributed by atoms with E-state index < -0.39 is 0 Å². The van der Waals surface area contributed by atoms with Gasteiger partial charge in [0.25, 0.3) is 0 Å². The minimum Gasteiger partial charge on any atom is -0.392 e.